The fourth-order valence-corrected chi connectivity index (χ4v) is 11.1. The monoisotopic (exact) mass is 305 g/mol. The number of fused-ring (bicyclic) bond motifs is 1. The van der Waals surface area contributed by atoms with Crippen molar-refractivity contribution >= 4 is 19.1 Å². The lowest BCUT2D eigenvalue weighted by atomic mass is 10.2. The van der Waals surface area contributed by atoms with Gasteiger partial charge in [0.1, 0.15) is 5.82 Å². The molecule has 1 nitrogen and oxygen atoms in total. The number of hydrogen-bond donors (Lipinski definition) is 0. The molecule has 2 rings (SSSR count). The maximum atomic E-state index is 14.4. The standard InChI is InChI=1S/C18H28FNSi/c1-12(2)21(13(3)4,14(5)6)20-11-10-16-17(20)9-8-15(7)18(16)19/h8-14H,1-7H3. The third-order valence-corrected chi connectivity index (χ3v) is 12.0. The summed E-state index contributed by atoms with van der Waals surface area (Å²) in [4.78, 5) is 0. The lowest BCUT2D eigenvalue weighted by molar-refractivity contribution is 0.630. The summed E-state index contributed by atoms with van der Waals surface area (Å²) in [6.45, 7) is 15.9. The van der Waals surface area contributed by atoms with Crippen LogP contribution in [-0.2, 0) is 0 Å². The smallest absolute Gasteiger partial charge is 0.169 e. The third kappa shape index (κ3) is 2.26. The lowest BCUT2D eigenvalue weighted by Crippen LogP contribution is -2.51. The van der Waals surface area contributed by atoms with Gasteiger partial charge in [-0.15, -0.1) is 0 Å². The first-order valence-electron chi connectivity index (χ1n) is 8.01. The van der Waals surface area contributed by atoms with Crippen LogP contribution in [0.5, 0.6) is 0 Å². The van der Waals surface area contributed by atoms with Crippen LogP contribution in [0.15, 0.2) is 24.4 Å². The van der Waals surface area contributed by atoms with E-state index in [4.69, 9.17) is 0 Å². The van der Waals surface area contributed by atoms with Gasteiger partial charge in [0.25, 0.3) is 0 Å². The Morgan fingerprint density at radius 3 is 1.90 bits per heavy atom. The van der Waals surface area contributed by atoms with E-state index in [9.17, 15) is 4.39 Å². The molecular weight excluding hydrogens is 277 g/mol. The minimum absolute atomic E-state index is 0.0644. The molecule has 0 amide bonds. The van der Waals surface area contributed by atoms with Crippen LogP contribution < -0.4 is 0 Å². The van der Waals surface area contributed by atoms with Crippen LogP contribution >= 0.6 is 0 Å². The number of aromatic nitrogens is 1. The Kier molecular flexibility index (Phi) is 4.34. The molecule has 0 saturated carbocycles. The summed E-state index contributed by atoms with van der Waals surface area (Å²) in [5, 5.41) is 0.772. The SMILES string of the molecule is Cc1ccc2c(ccn2[Si](C(C)C)(C(C)C)C(C)C)c1F. The molecular formula is C18H28FNSi. The summed E-state index contributed by atoms with van der Waals surface area (Å²) in [7, 11) is -1.81. The summed E-state index contributed by atoms with van der Waals surface area (Å²) in [5.41, 5.74) is 3.62. The highest BCUT2D eigenvalue weighted by molar-refractivity contribution is 6.82. The average Bonchev–Trinajstić information content (AvgIpc) is 2.78. The van der Waals surface area contributed by atoms with Gasteiger partial charge in [0.2, 0.25) is 0 Å². The van der Waals surface area contributed by atoms with Crippen LogP contribution in [0, 0.1) is 12.7 Å². The largest absolute Gasteiger partial charge is 0.373 e. The van der Waals surface area contributed by atoms with Gasteiger partial charge in [0.05, 0.1) is 0 Å². The summed E-state index contributed by atoms with van der Waals surface area (Å²) in [6, 6.07) is 5.98. The third-order valence-electron chi connectivity index (χ3n) is 5.19. The van der Waals surface area contributed by atoms with E-state index in [2.05, 4.69) is 58.0 Å². The van der Waals surface area contributed by atoms with Crippen LogP contribution in [0.25, 0.3) is 10.9 Å². The van der Waals surface area contributed by atoms with Gasteiger partial charge in [-0.25, -0.2) is 4.39 Å². The highest BCUT2D eigenvalue weighted by Gasteiger charge is 2.45. The molecule has 0 unspecified atom stereocenters. The average molecular weight is 306 g/mol. The summed E-state index contributed by atoms with van der Waals surface area (Å²) in [5.74, 6) is -0.0644. The molecule has 1 heterocycles. The number of hydrogen-bond acceptors (Lipinski definition) is 0. The topological polar surface area (TPSA) is 4.93 Å². The van der Waals surface area contributed by atoms with Crippen molar-refractivity contribution < 1.29 is 4.39 Å². The van der Waals surface area contributed by atoms with Crippen molar-refractivity contribution in [1.82, 2.24) is 4.23 Å². The highest BCUT2D eigenvalue weighted by Crippen LogP contribution is 2.44. The van der Waals surface area contributed by atoms with Crippen LogP contribution in [0.4, 0.5) is 4.39 Å². The van der Waals surface area contributed by atoms with E-state index in [1.807, 2.05) is 19.1 Å². The van der Waals surface area contributed by atoms with Crippen LogP contribution in [0.3, 0.4) is 0 Å². The molecule has 0 spiro atoms. The Morgan fingerprint density at radius 2 is 1.43 bits per heavy atom. The molecule has 116 valence electrons. The van der Waals surface area contributed by atoms with E-state index in [1.165, 1.54) is 0 Å². The summed E-state index contributed by atoms with van der Waals surface area (Å²) < 4.78 is 16.9. The lowest BCUT2D eigenvalue weighted by Gasteiger charge is -2.44. The number of benzene rings is 1. The zero-order valence-electron chi connectivity index (χ0n) is 14.4. The molecule has 0 atom stereocenters. The minimum Gasteiger partial charge on any atom is -0.373 e. The maximum absolute atomic E-state index is 14.4. The van der Waals surface area contributed by atoms with E-state index < -0.39 is 8.24 Å². The van der Waals surface area contributed by atoms with E-state index in [1.54, 1.807) is 0 Å². The Bertz CT molecular complexity index is 618. The number of nitrogens with zero attached hydrogens (tertiary/aromatic N) is 1. The van der Waals surface area contributed by atoms with Crippen molar-refractivity contribution in [3.05, 3.63) is 35.8 Å². The molecule has 0 N–H and O–H groups in total. The molecule has 0 bridgehead atoms. The van der Waals surface area contributed by atoms with Gasteiger partial charge in [0.15, 0.2) is 8.24 Å². The Morgan fingerprint density at radius 1 is 0.905 bits per heavy atom. The molecule has 0 radical (unpaired) electrons. The van der Waals surface area contributed by atoms with Crippen molar-refractivity contribution in [2.45, 2.75) is 65.1 Å². The Balaban J connectivity index is 2.81. The van der Waals surface area contributed by atoms with E-state index in [0.717, 1.165) is 16.5 Å². The van der Waals surface area contributed by atoms with Crippen LogP contribution in [-0.4, -0.2) is 12.5 Å². The van der Waals surface area contributed by atoms with Crippen LogP contribution in [0.1, 0.15) is 47.1 Å². The molecule has 0 aliphatic rings. The molecule has 2 aromatic rings. The van der Waals surface area contributed by atoms with Gasteiger partial charge in [0, 0.05) is 10.9 Å². The molecule has 0 fully saturated rings. The fraction of sp³-hybridized carbons (Fsp3) is 0.556. The van der Waals surface area contributed by atoms with Crippen molar-refractivity contribution in [3.8, 4) is 0 Å². The van der Waals surface area contributed by atoms with Crippen molar-refractivity contribution in [2.24, 2.45) is 0 Å². The number of aryl methyl sites for hydroxylation is 1. The molecule has 1 aromatic heterocycles. The van der Waals surface area contributed by atoms with Crippen molar-refractivity contribution in [3.63, 3.8) is 0 Å². The predicted octanol–water partition coefficient (Wildman–Crippen LogP) is 6.11. The second-order valence-electron chi connectivity index (χ2n) is 7.17. The summed E-state index contributed by atoms with van der Waals surface area (Å²) in [6.07, 6.45) is 2.14. The summed E-state index contributed by atoms with van der Waals surface area (Å²) >= 11 is 0. The molecule has 0 aliphatic heterocycles. The predicted molar refractivity (Wildman–Crippen MR) is 93.1 cm³/mol. The fourth-order valence-electron chi connectivity index (χ4n) is 4.46. The second-order valence-corrected chi connectivity index (χ2v) is 12.9. The number of halogens is 1. The van der Waals surface area contributed by atoms with Gasteiger partial charge in [-0.05, 0) is 47.4 Å². The molecule has 3 heteroatoms. The molecule has 1 aromatic carbocycles. The second kappa shape index (κ2) is 5.60. The van der Waals surface area contributed by atoms with E-state index >= 15 is 0 Å². The minimum atomic E-state index is -1.81. The zero-order chi connectivity index (χ0) is 15.9. The molecule has 21 heavy (non-hydrogen) atoms. The molecule has 0 aliphatic carbocycles. The van der Waals surface area contributed by atoms with E-state index in [-0.39, 0.29) is 5.82 Å². The van der Waals surface area contributed by atoms with Gasteiger partial charge < -0.3 is 4.23 Å². The zero-order valence-corrected chi connectivity index (χ0v) is 15.4. The van der Waals surface area contributed by atoms with Crippen molar-refractivity contribution in [2.75, 3.05) is 0 Å². The van der Waals surface area contributed by atoms with Crippen LogP contribution in [0.2, 0.25) is 16.6 Å². The first-order valence-corrected chi connectivity index (χ1v) is 10.2. The van der Waals surface area contributed by atoms with Gasteiger partial charge >= 0.3 is 0 Å². The maximum Gasteiger partial charge on any atom is 0.169 e. The highest BCUT2D eigenvalue weighted by atomic mass is 28.3. The van der Waals surface area contributed by atoms with E-state index in [0.29, 0.717) is 16.6 Å². The quantitative estimate of drug-likeness (QED) is 0.600. The van der Waals surface area contributed by atoms with Gasteiger partial charge in [-0.3, -0.25) is 0 Å². The Hall–Kier alpha value is -1.09. The molecule has 0 saturated heterocycles. The van der Waals surface area contributed by atoms with Crippen molar-refractivity contribution in [1.29, 1.82) is 0 Å². The first kappa shape index (κ1) is 16.3. The first-order chi connectivity index (χ1) is 9.74. The van der Waals surface area contributed by atoms with Gasteiger partial charge in [-0.1, -0.05) is 47.6 Å². The van der Waals surface area contributed by atoms with Gasteiger partial charge in [-0.2, -0.15) is 0 Å². The Labute approximate surface area is 129 Å². The number of rotatable bonds is 4. The normalized spacial score (nSPS) is 13.1.